The van der Waals surface area contributed by atoms with Crippen molar-refractivity contribution in [2.24, 2.45) is 0 Å². The van der Waals surface area contributed by atoms with Crippen LogP contribution in [0.3, 0.4) is 0 Å². The summed E-state index contributed by atoms with van der Waals surface area (Å²) in [6, 6.07) is 8.43. The Morgan fingerprint density at radius 1 is 1.43 bits per heavy atom. The molecule has 14 heavy (non-hydrogen) atoms. The lowest BCUT2D eigenvalue weighted by Crippen LogP contribution is -1.78. The largest absolute Gasteiger partial charge is 0.396 e. The molecule has 0 fully saturated rings. The van der Waals surface area contributed by atoms with Gasteiger partial charge in [-0.05, 0) is 29.9 Å². The lowest BCUT2D eigenvalue weighted by molar-refractivity contribution is 0.303. The summed E-state index contributed by atoms with van der Waals surface area (Å²) in [6.45, 7) is 2.37. The molecule has 76 valence electrons. The molecule has 0 amide bonds. The van der Waals surface area contributed by atoms with E-state index < -0.39 is 0 Å². The maximum absolute atomic E-state index is 8.63. The first-order valence-electron chi connectivity index (χ1n) is 4.87. The van der Waals surface area contributed by atoms with Crippen molar-refractivity contribution in [2.75, 3.05) is 12.4 Å². The summed E-state index contributed by atoms with van der Waals surface area (Å²) in [6.07, 6.45) is 4.77. The summed E-state index contributed by atoms with van der Waals surface area (Å²) in [7, 11) is 0. The molecule has 1 N–H and O–H groups in total. The Morgan fingerprint density at radius 3 is 3.00 bits per heavy atom. The highest BCUT2D eigenvalue weighted by Gasteiger charge is 1.91. The second-order valence-electron chi connectivity index (χ2n) is 2.92. The molecule has 0 aliphatic carbocycles. The topological polar surface area (TPSA) is 20.2 Å². The summed E-state index contributed by atoms with van der Waals surface area (Å²) in [5, 5.41) is 8.63. The molecule has 2 heteroatoms. The summed E-state index contributed by atoms with van der Waals surface area (Å²) < 4.78 is 0. The van der Waals surface area contributed by atoms with Gasteiger partial charge in [0, 0.05) is 11.5 Å². The normalized spacial score (nSPS) is 11.0. The minimum Gasteiger partial charge on any atom is -0.396 e. The molecule has 1 aromatic rings. The fraction of sp³-hybridized carbons (Fsp3) is 0.333. The van der Waals surface area contributed by atoms with E-state index in [2.05, 4.69) is 37.3 Å². The molecular weight excluding hydrogens is 192 g/mol. The van der Waals surface area contributed by atoms with Gasteiger partial charge in [0.1, 0.15) is 0 Å². The van der Waals surface area contributed by atoms with Crippen molar-refractivity contribution in [1.29, 1.82) is 0 Å². The average Bonchev–Trinajstić information content (AvgIpc) is 2.19. The van der Waals surface area contributed by atoms with E-state index in [9.17, 15) is 0 Å². The molecule has 0 radical (unpaired) electrons. The Bertz CT molecular complexity index is 294. The Hall–Kier alpha value is -0.730. The lowest BCUT2D eigenvalue weighted by Gasteiger charge is -1.99. The minimum atomic E-state index is 0.222. The molecule has 0 saturated carbocycles. The second kappa shape index (κ2) is 6.68. The quantitative estimate of drug-likeness (QED) is 0.750. The lowest BCUT2D eigenvalue weighted by atomic mass is 10.2. The van der Waals surface area contributed by atoms with Crippen LogP contribution >= 0.6 is 11.8 Å². The van der Waals surface area contributed by atoms with Gasteiger partial charge >= 0.3 is 0 Å². The van der Waals surface area contributed by atoms with Gasteiger partial charge in [0.15, 0.2) is 0 Å². The van der Waals surface area contributed by atoms with Gasteiger partial charge in [0.25, 0.3) is 0 Å². The van der Waals surface area contributed by atoms with Crippen LogP contribution in [0.2, 0.25) is 0 Å². The highest BCUT2D eigenvalue weighted by Crippen LogP contribution is 2.19. The maximum atomic E-state index is 8.63. The number of aliphatic hydroxyl groups is 1. The van der Waals surface area contributed by atoms with Crippen LogP contribution in [0.1, 0.15) is 18.9 Å². The van der Waals surface area contributed by atoms with E-state index in [-0.39, 0.29) is 6.61 Å². The molecule has 0 saturated heterocycles. The minimum absolute atomic E-state index is 0.222. The van der Waals surface area contributed by atoms with E-state index in [4.69, 9.17) is 5.11 Å². The molecule has 0 aliphatic rings. The van der Waals surface area contributed by atoms with Gasteiger partial charge in [-0.1, -0.05) is 31.2 Å². The summed E-state index contributed by atoms with van der Waals surface area (Å²) in [5.74, 6) is 1.10. The predicted octanol–water partition coefficient (Wildman–Crippen LogP) is 3.19. The van der Waals surface area contributed by atoms with Gasteiger partial charge in [0.2, 0.25) is 0 Å². The first kappa shape index (κ1) is 11.3. The predicted molar refractivity (Wildman–Crippen MR) is 63.6 cm³/mol. The number of hydrogen-bond acceptors (Lipinski definition) is 2. The number of thioether (sulfide) groups is 1. The molecule has 1 nitrogen and oxygen atoms in total. The molecule has 1 rings (SSSR count). The molecule has 0 heterocycles. The fourth-order valence-corrected chi connectivity index (χ4v) is 1.90. The van der Waals surface area contributed by atoms with E-state index in [0.29, 0.717) is 0 Å². The van der Waals surface area contributed by atoms with Crippen LogP contribution in [0.15, 0.2) is 35.2 Å². The zero-order chi connectivity index (χ0) is 10.2. The first-order chi connectivity index (χ1) is 6.86. The zero-order valence-electron chi connectivity index (χ0n) is 8.44. The number of hydrogen-bond donors (Lipinski definition) is 1. The van der Waals surface area contributed by atoms with Crippen LogP contribution in [0, 0.1) is 0 Å². The van der Waals surface area contributed by atoms with Crippen LogP contribution in [-0.4, -0.2) is 17.5 Å². The molecule has 0 aliphatic heterocycles. The second-order valence-corrected chi connectivity index (χ2v) is 4.26. The molecule has 0 unspecified atom stereocenters. The third-order valence-electron chi connectivity index (χ3n) is 1.78. The molecule has 0 bridgehead atoms. The van der Waals surface area contributed by atoms with E-state index in [1.165, 1.54) is 10.5 Å². The standard InChI is InChI=1S/C12H16OS/c1-2-14-12-8-5-7-11(10-12)6-3-4-9-13/h3,5-8,10,13H,2,4,9H2,1H3. The smallest absolute Gasteiger partial charge is 0.0465 e. The SMILES string of the molecule is CCSc1cccc(C=CCCO)c1. The van der Waals surface area contributed by atoms with Crippen molar-refractivity contribution in [2.45, 2.75) is 18.2 Å². The van der Waals surface area contributed by atoms with Crippen molar-refractivity contribution in [3.63, 3.8) is 0 Å². The van der Waals surface area contributed by atoms with Gasteiger partial charge in [-0.3, -0.25) is 0 Å². The van der Waals surface area contributed by atoms with Crippen LogP contribution in [0.25, 0.3) is 6.08 Å². The third kappa shape index (κ3) is 3.99. The number of rotatable bonds is 5. The zero-order valence-corrected chi connectivity index (χ0v) is 9.26. The van der Waals surface area contributed by atoms with Crippen LogP contribution in [0.5, 0.6) is 0 Å². The summed E-state index contributed by atoms with van der Waals surface area (Å²) >= 11 is 1.85. The Balaban J connectivity index is 2.63. The highest BCUT2D eigenvalue weighted by atomic mass is 32.2. The Morgan fingerprint density at radius 2 is 2.29 bits per heavy atom. The maximum Gasteiger partial charge on any atom is 0.0465 e. The van der Waals surface area contributed by atoms with Gasteiger partial charge in [-0.2, -0.15) is 0 Å². The number of aliphatic hydroxyl groups excluding tert-OH is 1. The summed E-state index contributed by atoms with van der Waals surface area (Å²) in [5.41, 5.74) is 1.21. The van der Waals surface area contributed by atoms with Crippen molar-refractivity contribution < 1.29 is 5.11 Å². The van der Waals surface area contributed by atoms with Crippen molar-refractivity contribution >= 4 is 17.8 Å². The fourth-order valence-electron chi connectivity index (χ4n) is 1.17. The van der Waals surface area contributed by atoms with Crippen molar-refractivity contribution in [1.82, 2.24) is 0 Å². The van der Waals surface area contributed by atoms with Gasteiger partial charge in [-0.15, -0.1) is 11.8 Å². The molecule has 0 aromatic heterocycles. The van der Waals surface area contributed by atoms with Gasteiger partial charge in [0.05, 0.1) is 0 Å². The molecule has 0 atom stereocenters. The van der Waals surface area contributed by atoms with E-state index >= 15 is 0 Å². The van der Waals surface area contributed by atoms with Gasteiger partial charge < -0.3 is 5.11 Å². The third-order valence-corrected chi connectivity index (χ3v) is 2.65. The Kier molecular flexibility index (Phi) is 5.42. The van der Waals surface area contributed by atoms with E-state index in [0.717, 1.165) is 12.2 Å². The van der Waals surface area contributed by atoms with Crippen molar-refractivity contribution in [3.8, 4) is 0 Å². The molecule has 0 spiro atoms. The molecular formula is C12H16OS. The van der Waals surface area contributed by atoms with Crippen LogP contribution < -0.4 is 0 Å². The van der Waals surface area contributed by atoms with Gasteiger partial charge in [-0.25, -0.2) is 0 Å². The van der Waals surface area contributed by atoms with E-state index in [1.807, 2.05) is 17.8 Å². The van der Waals surface area contributed by atoms with Crippen LogP contribution in [0.4, 0.5) is 0 Å². The monoisotopic (exact) mass is 208 g/mol. The number of benzene rings is 1. The van der Waals surface area contributed by atoms with E-state index in [1.54, 1.807) is 0 Å². The first-order valence-corrected chi connectivity index (χ1v) is 5.85. The van der Waals surface area contributed by atoms with Crippen molar-refractivity contribution in [3.05, 3.63) is 35.9 Å². The summed E-state index contributed by atoms with van der Waals surface area (Å²) in [4.78, 5) is 1.30. The van der Waals surface area contributed by atoms with Crippen LogP contribution in [-0.2, 0) is 0 Å². The Labute approximate surface area is 89.8 Å². The average molecular weight is 208 g/mol. The highest BCUT2D eigenvalue weighted by molar-refractivity contribution is 7.99. The molecule has 1 aromatic carbocycles.